The van der Waals surface area contributed by atoms with Crippen molar-refractivity contribution in [2.75, 3.05) is 11.9 Å². The molecular weight excluding hydrogens is 307 g/mol. The van der Waals surface area contributed by atoms with Gasteiger partial charge in [0, 0.05) is 25.1 Å². The molecule has 1 aliphatic rings. The lowest BCUT2D eigenvalue weighted by atomic mass is 10.1. The van der Waals surface area contributed by atoms with E-state index in [0.29, 0.717) is 23.1 Å². The molecule has 100 valence electrons. The molecule has 5 heteroatoms. The van der Waals surface area contributed by atoms with Crippen LogP contribution in [0.2, 0.25) is 0 Å². The minimum absolute atomic E-state index is 0.0347. The number of nitrogens with one attached hydrogen (secondary N) is 1. The number of aryl methyl sites for hydroxylation is 1. The molecule has 0 saturated heterocycles. The minimum Gasteiger partial charge on any atom is -0.384 e. The van der Waals surface area contributed by atoms with E-state index in [2.05, 4.69) is 21.2 Å². The van der Waals surface area contributed by atoms with E-state index in [4.69, 9.17) is 0 Å². The lowest BCUT2D eigenvalue weighted by Crippen LogP contribution is -2.15. The first-order chi connectivity index (χ1) is 8.37. The molecule has 0 aromatic heterocycles. The summed E-state index contributed by atoms with van der Waals surface area (Å²) in [5, 5.41) is 3.07. The van der Waals surface area contributed by atoms with Crippen LogP contribution in [0, 0.1) is 18.7 Å². The lowest BCUT2D eigenvalue weighted by molar-refractivity contribution is 0.00556. The molecule has 0 aliphatic heterocycles. The van der Waals surface area contributed by atoms with Crippen LogP contribution < -0.4 is 5.32 Å². The fourth-order valence-electron chi connectivity index (χ4n) is 2.31. The summed E-state index contributed by atoms with van der Waals surface area (Å²) in [5.74, 6) is -2.90. The second-order valence-electron chi connectivity index (χ2n) is 4.93. The Morgan fingerprint density at radius 1 is 1.44 bits per heavy atom. The van der Waals surface area contributed by atoms with Gasteiger partial charge >= 0.3 is 0 Å². The van der Waals surface area contributed by atoms with Gasteiger partial charge in [0.05, 0.1) is 4.47 Å². The van der Waals surface area contributed by atoms with E-state index in [1.54, 1.807) is 6.07 Å². The number of alkyl halides is 2. The van der Waals surface area contributed by atoms with Crippen molar-refractivity contribution < 1.29 is 13.2 Å². The summed E-state index contributed by atoms with van der Waals surface area (Å²) < 4.78 is 39.8. The molecule has 0 spiro atoms. The third-order valence-corrected chi connectivity index (χ3v) is 3.96. The Kier molecular flexibility index (Phi) is 3.90. The Morgan fingerprint density at radius 2 is 2.17 bits per heavy atom. The van der Waals surface area contributed by atoms with E-state index in [9.17, 15) is 13.2 Å². The number of benzene rings is 1. The number of rotatable bonds is 3. The smallest absolute Gasteiger partial charge is 0.248 e. The number of hydrogen-bond acceptors (Lipinski definition) is 1. The van der Waals surface area contributed by atoms with Gasteiger partial charge in [-0.25, -0.2) is 13.2 Å². The molecule has 1 aromatic rings. The summed E-state index contributed by atoms with van der Waals surface area (Å²) >= 11 is 3.11. The van der Waals surface area contributed by atoms with Crippen LogP contribution in [0.3, 0.4) is 0 Å². The highest BCUT2D eigenvalue weighted by atomic mass is 79.9. The summed E-state index contributed by atoms with van der Waals surface area (Å²) in [6, 6.07) is 3.08. The van der Waals surface area contributed by atoms with Crippen LogP contribution in [-0.4, -0.2) is 12.5 Å². The molecular formula is C13H15BrF3N. The zero-order valence-electron chi connectivity index (χ0n) is 10.1. The first kappa shape index (κ1) is 13.7. The minimum atomic E-state index is -2.52. The van der Waals surface area contributed by atoms with Gasteiger partial charge in [0.2, 0.25) is 5.92 Å². The molecule has 2 rings (SSSR count). The standard InChI is InChI=1S/C13H15BrF3N/c1-8-4-10(14)11(15)5-12(8)18-7-9-2-3-13(16,17)6-9/h4-5,9,18H,2-3,6-7H2,1H3. The molecule has 1 aliphatic carbocycles. The SMILES string of the molecule is Cc1cc(Br)c(F)cc1NCC1CCC(F)(F)C1. The maximum Gasteiger partial charge on any atom is 0.248 e. The van der Waals surface area contributed by atoms with Gasteiger partial charge in [0.1, 0.15) is 5.82 Å². The van der Waals surface area contributed by atoms with Crippen LogP contribution in [0.1, 0.15) is 24.8 Å². The van der Waals surface area contributed by atoms with Gasteiger partial charge in [-0.15, -0.1) is 0 Å². The van der Waals surface area contributed by atoms with E-state index in [1.807, 2.05) is 6.92 Å². The van der Waals surface area contributed by atoms with Gasteiger partial charge in [-0.05, 0) is 52.9 Å². The van der Waals surface area contributed by atoms with Crippen LogP contribution >= 0.6 is 15.9 Å². The molecule has 1 fully saturated rings. The van der Waals surface area contributed by atoms with Crippen molar-refractivity contribution in [2.45, 2.75) is 32.1 Å². The molecule has 0 amide bonds. The topological polar surface area (TPSA) is 12.0 Å². The zero-order valence-corrected chi connectivity index (χ0v) is 11.7. The van der Waals surface area contributed by atoms with Crippen LogP contribution in [-0.2, 0) is 0 Å². The highest BCUT2D eigenvalue weighted by Crippen LogP contribution is 2.39. The first-order valence-electron chi connectivity index (χ1n) is 5.95. The van der Waals surface area contributed by atoms with Crippen molar-refractivity contribution in [3.05, 3.63) is 28.0 Å². The maximum atomic E-state index is 13.4. The Balaban J connectivity index is 1.97. The highest BCUT2D eigenvalue weighted by molar-refractivity contribution is 9.10. The fourth-order valence-corrected chi connectivity index (χ4v) is 2.76. The molecule has 0 bridgehead atoms. The van der Waals surface area contributed by atoms with Crippen LogP contribution in [0.5, 0.6) is 0 Å². The monoisotopic (exact) mass is 321 g/mol. The average molecular weight is 322 g/mol. The molecule has 1 N–H and O–H groups in total. The number of halogens is 4. The predicted molar refractivity (Wildman–Crippen MR) is 69.6 cm³/mol. The molecule has 1 saturated carbocycles. The third-order valence-electron chi connectivity index (χ3n) is 3.35. The van der Waals surface area contributed by atoms with E-state index in [1.165, 1.54) is 6.07 Å². The van der Waals surface area contributed by atoms with Crippen molar-refractivity contribution in [1.82, 2.24) is 0 Å². The zero-order chi connectivity index (χ0) is 13.3. The first-order valence-corrected chi connectivity index (χ1v) is 6.74. The molecule has 0 heterocycles. The Morgan fingerprint density at radius 3 is 2.78 bits per heavy atom. The fraction of sp³-hybridized carbons (Fsp3) is 0.538. The quantitative estimate of drug-likeness (QED) is 0.847. The largest absolute Gasteiger partial charge is 0.384 e. The van der Waals surface area contributed by atoms with Crippen molar-refractivity contribution >= 4 is 21.6 Å². The third kappa shape index (κ3) is 3.19. The highest BCUT2D eigenvalue weighted by Gasteiger charge is 2.39. The molecule has 1 nitrogen and oxygen atoms in total. The number of hydrogen-bond donors (Lipinski definition) is 1. The Bertz CT molecular complexity index is 448. The second-order valence-corrected chi connectivity index (χ2v) is 5.78. The van der Waals surface area contributed by atoms with E-state index in [0.717, 1.165) is 5.56 Å². The van der Waals surface area contributed by atoms with Gasteiger partial charge in [-0.3, -0.25) is 0 Å². The van der Waals surface area contributed by atoms with E-state index < -0.39 is 5.92 Å². The summed E-state index contributed by atoms with van der Waals surface area (Å²) in [5.41, 5.74) is 1.57. The van der Waals surface area contributed by atoms with Crippen molar-refractivity contribution in [3.63, 3.8) is 0 Å². The normalized spacial score (nSPS) is 22.2. The average Bonchev–Trinajstić information content (AvgIpc) is 2.62. The van der Waals surface area contributed by atoms with Gasteiger partial charge < -0.3 is 5.32 Å². The van der Waals surface area contributed by atoms with Crippen molar-refractivity contribution in [3.8, 4) is 0 Å². The summed E-state index contributed by atoms with van der Waals surface area (Å²) in [7, 11) is 0. The van der Waals surface area contributed by atoms with Crippen LogP contribution in [0.15, 0.2) is 16.6 Å². The van der Waals surface area contributed by atoms with E-state index >= 15 is 0 Å². The van der Waals surface area contributed by atoms with Crippen molar-refractivity contribution in [2.24, 2.45) is 5.92 Å². The summed E-state index contributed by atoms with van der Waals surface area (Å²) in [4.78, 5) is 0. The summed E-state index contributed by atoms with van der Waals surface area (Å²) in [6.07, 6.45) is 0.420. The predicted octanol–water partition coefficient (Wildman–Crippen LogP) is 4.74. The van der Waals surface area contributed by atoms with Crippen molar-refractivity contribution in [1.29, 1.82) is 0 Å². The maximum absolute atomic E-state index is 13.4. The van der Waals surface area contributed by atoms with Crippen LogP contribution in [0.25, 0.3) is 0 Å². The van der Waals surface area contributed by atoms with Gasteiger partial charge in [-0.1, -0.05) is 0 Å². The van der Waals surface area contributed by atoms with Crippen LogP contribution in [0.4, 0.5) is 18.9 Å². The number of anilines is 1. The Hall–Kier alpha value is -0.710. The van der Waals surface area contributed by atoms with E-state index in [-0.39, 0.29) is 24.6 Å². The molecule has 0 radical (unpaired) electrons. The lowest BCUT2D eigenvalue weighted by Gasteiger charge is -2.15. The van der Waals surface area contributed by atoms with Gasteiger partial charge in [0.25, 0.3) is 0 Å². The second kappa shape index (κ2) is 5.11. The molecule has 1 aromatic carbocycles. The summed E-state index contributed by atoms with van der Waals surface area (Å²) in [6.45, 7) is 2.33. The molecule has 1 unspecified atom stereocenters. The van der Waals surface area contributed by atoms with Gasteiger partial charge in [-0.2, -0.15) is 0 Å². The van der Waals surface area contributed by atoms with Gasteiger partial charge in [0.15, 0.2) is 0 Å². The molecule has 18 heavy (non-hydrogen) atoms. The Labute approximate surface area is 113 Å². The molecule has 1 atom stereocenters.